The van der Waals surface area contributed by atoms with Gasteiger partial charge >= 0.3 is 0 Å². The molecule has 6 aromatic carbocycles. The van der Waals surface area contributed by atoms with Crippen molar-refractivity contribution < 1.29 is 0 Å². The lowest BCUT2D eigenvalue weighted by Crippen LogP contribution is -2.07. The van der Waals surface area contributed by atoms with Gasteiger partial charge in [-0.05, 0) is 81.3 Å². The van der Waals surface area contributed by atoms with Crippen LogP contribution >= 0.6 is 0 Å². The molecule has 9 aromatic rings. The first-order valence-corrected chi connectivity index (χ1v) is 16.7. The largest absolute Gasteiger partial charge is 0.277 e. The molecule has 1 atom stereocenters. The molecule has 2 aliphatic carbocycles. The lowest BCUT2D eigenvalue weighted by Gasteiger charge is -2.24. The minimum atomic E-state index is 0.337. The maximum atomic E-state index is 5.40. The lowest BCUT2D eigenvalue weighted by molar-refractivity contribution is 0.736. The second-order valence-corrected chi connectivity index (χ2v) is 13.1. The Balaban J connectivity index is 1.39. The van der Waals surface area contributed by atoms with Crippen LogP contribution in [-0.2, 0) is 6.42 Å². The molecule has 4 nitrogen and oxygen atoms in total. The minimum absolute atomic E-state index is 0.337. The van der Waals surface area contributed by atoms with Gasteiger partial charge in [-0.2, -0.15) is 0 Å². The van der Waals surface area contributed by atoms with E-state index in [-0.39, 0.29) is 0 Å². The molecule has 4 heteroatoms. The summed E-state index contributed by atoms with van der Waals surface area (Å²) >= 11 is 0. The highest BCUT2D eigenvalue weighted by Gasteiger charge is 2.34. The van der Waals surface area contributed by atoms with E-state index in [1.54, 1.807) is 0 Å². The third-order valence-electron chi connectivity index (χ3n) is 10.7. The Hall–Kier alpha value is -6.13. The van der Waals surface area contributed by atoms with Gasteiger partial charge in [0.05, 0.1) is 16.6 Å². The molecule has 2 aliphatic rings. The van der Waals surface area contributed by atoms with Crippen LogP contribution < -0.4 is 0 Å². The van der Waals surface area contributed by atoms with Crippen LogP contribution in [0.25, 0.3) is 83.1 Å². The van der Waals surface area contributed by atoms with Gasteiger partial charge in [-0.3, -0.25) is 9.55 Å². The van der Waals surface area contributed by atoms with E-state index in [4.69, 9.17) is 15.0 Å². The van der Waals surface area contributed by atoms with Crippen LogP contribution in [0, 0.1) is 0 Å². The summed E-state index contributed by atoms with van der Waals surface area (Å²) < 4.78 is 2.35. The van der Waals surface area contributed by atoms with E-state index >= 15 is 0 Å². The summed E-state index contributed by atoms with van der Waals surface area (Å²) in [6.07, 6.45) is 3.92. The molecule has 0 saturated carbocycles. The molecule has 0 radical (unpaired) electrons. The highest BCUT2D eigenvalue weighted by atomic mass is 15.2. The minimum Gasteiger partial charge on any atom is -0.277 e. The van der Waals surface area contributed by atoms with E-state index in [1.807, 2.05) is 18.3 Å². The molecule has 0 saturated heterocycles. The standard InChI is InChI=1S/C44H28N4/c1-2-12-27(13-3-1)41-42-37(19-10-24-45-42)46-44(47-41)48-38-23-20-26-11-4-5-14-28(26)39(38)36-25-35-31-17-7-6-15-29(31)32-21-22-34(35)40(43(36)48)33-18-9-8-16-30(32)33/h1-20,23-25,32H,21-22H2. The van der Waals surface area contributed by atoms with Gasteiger partial charge < -0.3 is 0 Å². The van der Waals surface area contributed by atoms with Crippen molar-refractivity contribution in [3.8, 4) is 39.5 Å². The molecular formula is C44H28N4. The fourth-order valence-corrected chi connectivity index (χ4v) is 8.68. The Labute approximate surface area is 277 Å². The second kappa shape index (κ2) is 9.69. The first-order chi connectivity index (χ1) is 23.8. The number of pyridine rings is 1. The van der Waals surface area contributed by atoms with Crippen molar-refractivity contribution in [3.05, 3.63) is 156 Å². The predicted molar refractivity (Wildman–Crippen MR) is 196 cm³/mol. The van der Waals surface area contributed by atoms with Crippen LogP contribution in [0.1, 0.15) is 29.0 Å². The first kappa shape index (κ1) is 26.0. The van der Waals surface area contributed by atoms with Crippen LogP contribution in [0.4, 0.5) is 0 Å². The molecule has 0 aliphatic heterocycles. The molecule has 0 amide bonds. The topological polar surface area (TPSA) is 43.6 Å². The number of hydrogen-bond donors (Lipinski definition) is 0. The summed E-state index contributed by atoms with van der Waals surface area (Å²) in [4.78, 5) is 15.5. The van der Waals surface area contributed by atoms with Crippen LogP contribution in [0.5, 0.6) is 0 Å². The Morgan fingerprint density at radius 1 is 0.625 bits per heavy atom. The molecule has 224 valence electrons. The molecule has 0 spiro atoms. The summed E-state index contributed by atoms with van der Waals surface area (Å²) in [6, 6.07) is 48.3. The third-order valence-corrected chi connectivity index (χ3v) is 10.7. The molecule has 11 rings (SSSR count). The number of hydrogen-bond acceptors (Lipinski definition) is 3. The van der Waals surface area contributed by atoms with Gasteiger partial charge in [-0.25, -0.2) is 9.97 Å². The zero-order chi connectivity index (χ0) is 31.3. The van der Waals surface area contributed by atoms with E-state index in [0.29, 0.717) is 11.9 Å². The zero-order valence-corrected chi connectivity index (χ0v) is 26.1. The lowest BCUT2D eigenvalue weighted by atomic mass is 9.80. The monoisotopic (exact) mass is 612 g/mol. The highest BCUT2D eigenvalue weighted by molar-refractivity contribution is 6.25. The number of aromatic nitrogens is 4. The van der Waals surface area contributed by atoms with E-state index in [1.165, 1.54) is 66.0 Å². The Morgan fingerprint density at radius 2 is 1.40 bits per heavy atom. The zero-order valence-electron chi connectivity index (χ0n) is 26.1. The van der Waals surface area contributed by atoms with Gasteiger partial charge in [0, 0.05) is 34.0 Å². The van der Waals surface area contributed by atoms with Crippen molar-refractivity contribution in [3.63, 3.8) is 0 Å². The smallest absolute Gasteiger partial charge is 0.235 e. The maximum absolute atomic E-state index is 5.40. The summed E-state index contributed by atoms with van der Waals surface area (Å²) in [5, 5.41) is 4.93. The van der Waals surface area contributed by atoms with E-state index < -0.39 is 0 Å². The summed E-state index contributed by atoms with van der Waals surface area (Å²) in [6.45, 7) is 0. The fourth-order valence-electron chi connectivity index (χ4n) is 8.68. The highest BCUT2D eigenvalue weighted by Crippen LogP contribution is 2.54. The van der Waals surface area contributed by atoms with Crippen molar-refractivity contribution in [2.75, 3.05) is 0 Å². The van der Waals surface area contributed by atoms with Gasteiger partial charge in [0.1, 0.15) is 11.2 Å². The van der Waals surface area contributed by atoms with Crippen LogP contribution in [-0.4, -0.2) is 19.5 Å². The van der Waals surface area contributed by atoms with Crippen molar-refractivity contribution in [2.24, 2.45) is 0 Å². The van der Waals surface area contributed by atoms with E-state index in [9.17, 15) is 0 Å². The maximum Gasteiger partial charge on any atom is 0.235 e. The first-order valence-electron chi connectivity index (χ1n) is 16.7. The molecule has 1 unspecified atom stereocenters. The second-order valence-electron chi connectivity index (χ2n) is 13.1. The third kappa shape index (κ3) is 3.46. The summed E-state index contributed by atoms with van der Waals surface area (Å²) in [5.41, 5.74) is 15.4. The molecular weight excluding hydrogens is 585 g/mol. The van der Waals surface area contributed by atoms with Crippen LogP contribution in [0.15, 0.2) is 140 Å². The summed E-state index contributed by atoms with van der Waals surface area (Å²) in [5.74, 6) is 0.999. The molecule has 48 heavy (non-hydrogen) atoms. The van der Waals surface area contributed by atoms with Crippen molar-refractivity contribution in [1.29, 1.82) is 0 Å². The fraction of sp³-hybridized carbons (Fsp3) is 0.0682. The number of rotatable bonds is 2. The molecule has 3 aromatic heterocycles. The van der Waals surface area contributed by atoms with Gasteiger partial charge in [0.25, 0.3) is 0 Å². The SMILES string of the molecule is c1ccc(-c2nc(-n3c4ccc5ccccc5c4c4cc5c6c(c43)-c3ccccc3C(CC6)c3ccccc3-5)nc3cccnc23)cc1. The number of fused-ring (bicyclic) bond motifs is 15. The van der Waals surface area contributed by atoms with Gasteiger partial charge in [-0.15, -0.1) is 0 Å². The van der Waals surface area contributed by atoms with Gasteiger partial charge in [-0.1, -0.05) is 109 Å². The Kier molecular flexibility index (Phi) is 5.25. The van der Waals surface area contributed by atoms with Crippen molar-refractivity contribution in [2.45, 2.75) is 18.8 Å². The van der Waals surface area contributed by atoms with Gasteiger partial charge in [0.2, 0.25) is 5.95 Å². The van der Waals surface area contributed by atoms with Crippen molar-refractivity contribution in [1.82, 2.24) is 19.5 Å². The quantitative estimate of drug-likeness (QED) is 0.195. The molecule has 2 bridgehead atoms. The average Bonchev–Trinajstić information content (AvgIpc) is 3.27. The predicted octanol–water partition coefficient (Wildman–Crippen LogP) is 10.7. The molecule has 3 heterocycles. The normalized spacial score (nSPS) is 14.7. The molecule has 0 N–H and O–H groups in total. The van der Waals surface area contributed by atoms with Crippen LogP contribution in [0.2, 0.25) is 0 Å². The van der Waals surface area contributed by atoms with Crippen LogP contribution in [0.3, 0.4) is 0 Å². The van der Waals surface area contributed by atoms with Gasteiger partial charge in [0.15, 0.2) is 0 Å². The number of nitrogens with zero attached hydrogens (tertiary/aromatic N) is 4. The van der Waals surface area contributed by atoms with E-state index in [0.717, 1.165) is 40.6 Å². The Morgan fingerprint density at radius 3 is 2.29 bits per heavy atom. The Bertz CT molecular complexity index is 2790. The average molecular weight is 613 g/mol. The van der Waals surface area contributed by atoms with E-state index in [2.05, 4.69) is 126 Å². The summed E-state index contributed by atoms with van der Waals surface area (Å²) in [7, 11) is 0. The van der Waals surface area contributed by atoms with Crippen molar-refractivity contribution >= 4 is 43.6 Å². The number of benzene rings is 6. The molecule has 0 fully saturated rings.